The van der Waals surface area contributed by atoms with Gasteiger partial charge in [0.15, 0.2) is 0 Å². The maximum Gasteiger partial charge on any atom is 0.341 e. The molecule has 6 heteroatoms. The molecule has 1 aliphatic rings. The minimum absolute atomic E-state index is 0.0680. The molecule has 1 aromatic carbocycles. The number of hydrogen-bond acceptors (Lipinski definition) is 2. The topological polar surface area (TPSA) is 59.3 Å². The highest BCUT2D eigenvalue weighted by Gasteiger charge is 2.30. The van der Waals surface area contributed by atoms with Crippen LogP contribution < -0.4 is 5.43 Å². The number of hydrogen-bond donors (Lipinski definition) is 1. The number of pyridine rings is 1. The van der Waals surface area contributed by atoms with Gasteiger partial charge in [0.2, 0.25) is 5.43 Å². The fraction of sp³-hybridized carbons (Fsp3) is 0.333. The molecule has 1 aliphatic carbocycles. The highest BCUT2D eigenvalue weighted by Crippen LogP contribution is 2.39. The second-order valence-electron chi connectivity index (χ2n) is 5.19. The molecule has 0 bridgehead atoms. The van der Waals surface area contributed by atoms with E-state index in [1.807, 2.05) is 4.57 Å². The van der Waals surface area contributed by atoms with Crippen LogP contribution in [0.3, 0.4) is 0 Å². The normalized spacial score (nSPS) is 14.6. The number of carbonyl (C=O) groups is 1. The molecule has 110 valence electrons. The van der Waals surface area contributed by atoms with Crippen molar-refractivity contribution in [3.8, 4) is 0 Å². The number of carboxylic acids is 1. The molecule has 0 unspecified atom stereocenters. The second kappa shape index (κ2) is 4.84. The monoisotopic (exact) mass is 309 g/mol. The summed E-state index contributed by atoms with van der Waals surface area (Å²) in [6.07, 6.45) is 2.25. The summed E-state index contributed by atoms with van der Waals surface area (Å²) in [6.45, 7) is 1.80. The summed E-state index contributed by atoms with van der Waals surface area (Å²) in [7, 11) is 0. The van der Waals surface area contributed by atoms with Crippen molar-refractivity contribution in [2.75, 3.05) is 0 Å². The van der Waals surface area contributed by atoms with Gasteiger partial charge in [-0.25, -0.2) is 9.18 Å². The highest BCUT2D eigenvalue weighted by atomic mass is 35.5. The van der Waals surface area contributed by atoms with Crippen molar-refractivity contribution < 1.29 is 14.3 Å². The number of benzene rings is 1. The number of aromatic carboxylic acids is 1. The van der Waals surface area contributed by atoms with Crippen LogP contribution in [-0.4, -0.2) is 15.6 Å². The Bertz CT molecular complexity index is 824. The molecule has 1 aromatic heterocycles. The van der Waals surface area contributed by atoms with E-state index >= 15 is 0 Å². The third-order valence-electron chi connectivity index (χ3n) is 3.81. The third-order valence-corrected chi connectivity index (χ3v) is 4.10. The summed E-state index contributed by atoms with van der Waals surface area (Å²) in [5, 5.41) is 9.35. The van der Waals surface area contributed by atoms with E-state index in [2.05, 4.69) is 0 Å². The fourth-order valence-corrected chi connectivity index (χ4v) is 2.92. The van der Waals surface area contributed by atoms with E-state index in [9.17, 15) is 19.1 Å². The Hall–Kier alpha value is -1.88. The second-order valence-corrected chi connectivity index (χ2v) is 5.60. The lowest BCUT2D eigenvalue weighted by Gasteiger charge is -2.18. The van der Waals surface area contributed by atoms with Gasteiger partial charge in [0, 0.05) is 17.1 Å². The largest absolute Gasteiger partial charge is 0.477 e. The molecule has 1 heterocycles. The zero-order valence-corrected chi connectivity index (χ0v) is 12.1. The van der Waals surface area contributed by atoms with Crippen LogP contribution in [0.4, 0.5) is 4.39 Å². The molecular weight excluding hydrogens is 297 g/mol. The van der Waals surface area contributed by atoms with Crippen LogP contribution in [0, 0.1) is 5.82 Å². The van der Waals surface area contributed by atoms with Gasteiger partial charge in [0.25, 0.3) is 0 Å². The number of rotatable bonds is 3. The molecule has 1 saturated carbocycles. The summed E-state index contributed by atoms with van der Waals surface area (Å²) >= 11 is 5.83. The number of halogens is 2. The van der Waals surface area contributed by atoms with Crippen LogP contribution in [0.25, 0.3) is 10.9 Å². The predicted molar refractivity (Wildman–Crippen MR) is 77.8 cm³/mol. The van der Waals surface area contributed by atoms with Gasteiger partial charge in [0.1, 0.15) is 11.4 Å². The Balaban J connectivity index is 2.54. The minimum Gasteiger partial charge on any atom is -0.477 e. The maximum absolute atomic E-state index is 13.7. The molecular formula is C15H13ClFNO3. The maximum atomic E-state index is 13.7. The third kappa shape index (κ3) is 2.12. The Morgan fingerprint density at radius 3 is 2.67 bits per heavy atom. The summed E-state index contributed by atoms with van der Waals surface area (Å²) in [5.74, 6) is -1.99. The summed E-state index contributed by atoms with van der Waals surface area (Å²) in [6, 6.07) is 2.60. The van der Waals surface area contributed by atoms with Crippen molar-refractivity contribution in [2.24, 2.45) is 0 Å². The lowest BCUT2D eigenvalue weighted by Crippen LogP contribution is -2.24. The number of fused-ring (bicyclic) bond motifs is 1. The zero-order valence-electron chi connectivity index (χ0n) is 11.3. The van der Waals surface area contributed by atoms with Crippen LogP contribution in [-0.2, 0) is 6.42 Å². The standard InChI is InChI=1S/C15H13ClFNO3/c1-2-11-13(15(20)21)14(19)8-5-10(17)9(16)6-12(8)18(11)7-3-4-7/h5-7H,2-4H2,1H3,(H,20,21). The number of nitrogens with zero attached hydrogens (tertiary/aromatic N) is 1. The quantitative estimate of drug-likeness (QED) is 0.945. The van der Waals surface area contributed by atoms with E-state index in [-0.39, 0.29) is 22.0 Å². The number of aromatic nitrogens is 1. The van der Waals surface area contributed by atoms with Crippen LogP contribution in [0.15, 0.2) is 16.9 Å². The minimum atomic E-state index is -1.27. The smallest absolute Gasteiger partial charge is 0.341 e. The van der Waals surface area contributed by atoms with Gasteiger partial charge in [0.05, 0.1) is 10.5 Å². The molecule has 0 saturated heterocycles. The van der Waals surface area contributed by atoms with Gasteiger partial charge < -0.3 is 9.67 Å². The van der Waals surface area contributed by atoms with Crippen molar-refractivity contribution in [3.63, 3.8) is 0 Å². The van der Waals surface area contributed by atoms with E-state index in [0.717, 1.165) is 18.9 Å². The molecule has 4 nitrogen and oxygen atoms in total. The van der Waals surface area contributed by atoms with Crippen LogP contribution in [0.5, 0.6) is 0 Å². The van der Waals surface area contributed by atoms with E-state index in [0.29, 0.717) is 17.6 Å². The first-order valence-corrected chi connectivity index (χ1v) is 7.13. The van der Waals surface area contributed by atoms with Gasteiger partial charge in [-0.2, -0.15) is 0 Å². The van der Waals surface area contributed by atoms with Crippen molar-refractivity contribution in [3.05, 3.63) is 44.5 Å². The first-order valence-electron chi connectivity index (χ1n) is 6.75. The van der Waals surface area contributed by atoms with Gasteiger partial charge in [-0.15, -0.1) is 0 Å². The molecule has 0 aliphatic heterocycles. The molecule has 2 aromatic rings. The zero-order chi connectivity index (χ0) is 15.3. The van der Waals surface area contributed by atoms with Crippen molar-refractivity contribution in [1.82, 2.24) is 4.57 Å². The lowest BCUT2D eigenvalue weighted by atomic mass is 10.0. The van der Waals surface area contributed by atoms with Gasteiger partial charge in [-0.3, -0.25) is 4.79 Å². The van der Waals surface area contributed by atoms with Crippen LogP contribution in [0.1, 0.15) is 41.9 Å². The van der Waals surface area contributed by atoms with Gasteiger partial charge in [-0.1, -0.05) is 18.5 Å². The average molecular weight is 310 g/mol. The average Bonchev–Trinajstić information content (AvgIpc) is 3.24. The van der Waals surface area contributed by atoms with Crippen LogP contribution in [0.2, 0.25) is 5.02 Å². The van der Waals surface area contributed by atoms with E-state index in [4.69, 9.17) is 11.6 Å². The molecule has 0 amide bonds. The van der Waals surface area contributed by atoms with E-state index in [1.165, 1.54) is 6.07 Å². The molecule has 0 atom stereocenters. The summed E-state index contributed by atoms with van der Waals surface area (Å²) in [4.78, 5) is 23.9. The molecule has 1 N–H and O–H groups in total. The highest BCUT2D eigenvalue weighted by molar-refractivity contribution is 6.31. The molecule has 0 spiro atoms. The molecule has 0 radical (unpaired) electrons. The predicted octanol–water partition coefficient (Wildman–Crippen LogP) is 3.39. The van der Waals surface area contributed by atoms with Gasteiger partial charge in [-0.05, 0) is 31.4 Å². The molecule has 21 heavy (non-hydrogen) atoms. The van der Waals surface area contributed by atoms with Crippen molar-refractivity contribution in [1.29, 1.82) is 0 Å². The van der Waals surface area contributed by atoms with Crippen LogP contribution >= 0.6 is 11.6 Å². The van der Waals surface area contributed by atoms with E-state index in [1.54, 1.807) is 6.92 Å². The van der Waals surface area contributed by atoms with E-state index < -0.39 is 17.2 Å². The molecule has 3 rings (SSSR count). The fourth-order valence-electron chi connectivity index (χ4n) is 2.77. The van der Waals surface area contributed by atoms with Crippen molar-refractivity contribution >= 4 is 28.5 Å². The number of carboxylic acid groups (broad SMARTS) is 1. The Labute approximate surface area is 124 Å². The summed E-state index contributed by atoms with van der Waals surface area (Å²) < 4.78 is 15.5. The SMILES string of the molecule is CCc1c(C(=O)O)c(=O)c2cc(F)c(Cl)cc2n1C1CC1. The first-order chi connectivity index (χ1) is 9.95. The van der Waals surface area contributed by atoms with Gasteiger partial charge >= 0.3 is 5.97 Å². The Kier molecular flexibility index (Phi) is 3.24. The first kappa shape index (κ1) is 14.1. The Morgan fingerprint density at radius 1 is 1.48 bits per heavy atom. The van der Waals surface area contributed by atoms with Crippen molar-refractivity contribution in [2.45, 2.75) is 32.2 Å². The summed E-state index contributed by atoms with van der Waals surface area (Å²) in [5.41, 5.74) is 0.0707. The lowest BCUT2D eigenvalue weighted by molar-refractivity contribution is 0.0693. The Morgan fingerprint density at radius 2 is 2.14 bits per heavy atom. The molecule has 1 fully saturated rings.